The molecule has 2 heterocycles. The Bertz CT molecular complexity index is 894. The van der Waals surface area contributed by atoms with Gasteiger partial charge in [-0.05, 0) is 56.9 Å². The number of carbonyl (C=O) groups is 2. The lowest BCUT2D eigenvalue weighted by Gasteiger charge is -2.33. The molecule has 0 unspecified atom stereocenters. The number of aromatic nitrogens is 2. The summed E-state index contributed by atoms with van der Waals surface area (Å²) in [6.45, 7) is 3.26. The van der Waals surface area contributed by atoms with Crippen LogP contribution in [0.1, 0.15) is 61.0 Å². The first-order valence-electron chi connectivity index (χ1n) is 10.9. The molecule has 4 rings (SSSR count). The molecule has 2 amide bonds. The number of nitrogens with zero attached hydrogens (tertiary/aromatic N) is 3. The highest BCUT2D eigenvalue weighted by atomic mass is 79.9. The quantitative estimate of drug-likeness (QED) is 0.723. The predicted molar refractivity (Wildman–Crippen MR) is 120 cm³/mol. The van der Waals surface area contributed by atoms with E-state index in [1.165, 1.54) is 19.3 Å². The summed E-state index contributed by atoms with van der Waals surface area (Å²) in [5.41, 5.74) is 2.41. The van der Waals surface area contributed by atoms with Crippen LogP contribution in [-0.4, -0.2) is 45.6 Å². The first-order valence-corrected chi connectivity index (χ1v) is 11.7. The summed E-state index contributed by atoms with van der Waals surface area (Å²) >= 11 is 3.44. The van der Waals surface area contributed by atoms with Crippen LogP contribution in [0, 0.1) is 12.8 Å². The molecular weight excluding hydrogens is 444 g/mol. The molecular formula is C23H29BrN4O2. The Balaban J connectivity index is 1.34. The molecule has 0 atom stereocenters. The van der Waals surface area contributed by atoms with E-state index in [1.807, 2.05) is 36.1 Å². The molecule has 1 saturated carbocycles. The summed E-state index contributed by atoms with van der Waals surface area (Å²) in [5.74, 6) is 0.421. The van der Waals surface area contributed by atoms with Crippen molar-refractivity contribution in [2.45, 2.75) is 57.9 Å². The maximum Gasteiger partial charge on any atom is 0.257 e. The highest BCUT2D eigenvalue weighted by molar-refractivity contribution is 9.10. The lowest BCUT2D eigenvalue weighted by Crippen LogP contribution is -2.48. The fraction of sp³-hybridized carbons (Fsp3) is 0.522. The third-order valence-corrected chi connectivity index (χ3v) is 6.94. The molecule has 30 heavy (non-hydrogen) atoms. The maximum atomic E-state index is 13.1. The summed E-state index contributed by atoms with van der Waals surface area (Å²) < 4.78 is 2.81. The van der Waals surface area contributed by atoms with Crippen molar-refractivity contribution in [3.05, 3.63) is 46.2 Å². The SMILES string of the molecule is Cc1c(C(=O)N2CCC(NC(=O)C3CCCCC3)CC2)cnn1-c1ccc(Br)cc1. The maximum absolute atomic E-state index is 13.1. The highest BCUT2D eigenvalue weighted by Crippen LogP contribution is 2.25. The Labute approximate surface area is 186 Å². The van der Waals surface area contributed by atoms with E-state index in [0.717, 1.165) is 41.5 Å². The van der Waals surface area contributed by atoms with Crippen molar-refractivity contribution < 1.29 is 9.59 Å². The van der Waals surface area contributed by atoms with Crippen LogP contribution >= 0.6 is 15.9 Å². The molecule has 1 aromatic carbocycles. The second-order valence-electron chi connectivity index (χ2n) is 8.44. The van der Waals surface area contributed by atoms with Crippen molar-refractivity contribution in [1.82, 2.24) is 20.0 Å². The van der Waals surface area contributed by atoms with Crippen LogP contribution in [0.25, 0.3) is 5.69 Å². The summed E-state index contributed by atoms with van der Waals surface area (Å²) in [4.78, 5) is 27.5. The van der Waals surface area contributed by atoms with Crippen molar-refractivity contribution in [3.8, 4) is 5.69 Å². The van der Waals surface area contributed by atoms with Gasteiger partial charge in [-0.3, -0.25) is 9.59 Å². The van der Waals surface area contributed by atoms with Crippen molar-refractivity contribution in [2.75, 3.05) is 13.1 Å². The fourth-order valence-electron chi connectivity index (χ4n) is 4.54. The topological polar surface area (TPSA) is 67.2 Å². The smallest absolute Gasteiger partial charge is 0.257 e. The second kappa shape index (κ2) is 9.33. The van der Waals surface area contributed by atoms with Crippen LogP contribution in [0.3, 0.4) is 0 Å². The normalized spacial score (nSPS) is 18.4. The average molecular weight is 473 g/mol. The molecule has 1 aliphatic heterocycles. The molecule has 7 heteroatoms. The Hall–Kier alpha value is -2.15. The van der Waals surface area contributed by atoms with Gasteiger partial charge in [0.2, 0.25) is 5.91 Å². The van der Waals surface area contributed by atoms with Gasteiger partial charge in [0.15, 0.2) is 0 Å². The molecule has 160 valence electrons. The van der Waals surface area contributed by atoms with Crippen molar-refractivity contribution in [1.29, 1.82) is 0 Å². The van der Waals surface area contributed by atoms with Crippen LogP contribution in [-0.2, 0) is 4.79 Å². The number of carbonyl (C=O) groups excluding carboxylic acids is 2. The minimum absolute atomic E-state index is 0.0212. The number of benzene rings is 1. The monoisotopic (exact) mass is 472 g/mol. The molecule has 0 spiro atoms. The van der Waals surface area contributed by atoms with E-state index in [2.05, 4.69) is 26.3 Å². The van der Waals surface area contributed by atoms with Gasteiger partial charge in [-0.25, -0.2) is 4.68 Å². The zero-order valence-electron chi connectivity index (χ0n) is 17.4. The number of hydrogen-bond acceptors (Lipinski definition) is 3. The first-order chi connectivity index (χ1) is 14.5. The number of rotatable bonds is 4. The Morgan fingerprint density at radius 1 is 1.03 bits per heavy atom. The van der Waals surface area contributed by atoms with Gasteiger partial charge >= 0.3 is 0 Å². The summed E-state index contributed by atoms with van der Waals surface area (Å²) in [6.07, 6.45) is 8.90. The summed E-state index contributed by atoms with van der Waals surface area (Å²) in [5, 5.41) is 7.67. The highest BCUT2D eigenvalue weighted by Gasteiger charge is 2.29. The Morgan fingerprint density at radius 3 is 2.37 bits per heavy atom. The van der Waals surface area contributed by atoms with Crippen molar-refractivity contribution in [2.24, 2.45) is 5.92 Å². The molecule has 2 aliphatic rings. The lowest BCUT2D eigenvalue weighted by atomic mass is 9.88. The number of hydrogen-bond donors (Lipinski definition) is 1. The lowest BCUT2D eigenvalue weighted by molar-refractivity contribution is -0.126. The molecule has 6 nitrogen and oxygen atoms in total. The minimum atomic E-state index is 0.0212. The number of halogens is 1. The Kier molecular flexibility index (Phi) is 6.56. The zero-order valence-corrected chi connectivity index (χ0v) is 19.0. The number of piperidine rings is 1. The molecule has 0 bridgehead atoms. The third-order valence-electron chi connectivity index (χ3n) is 6.42. The van der Waals surface area contributed by atoms with Gasteiger partial charge in [0.1, 0.15) is 0 Å². The van der Waals surface area contributed by atoms with E-state index in [9.17, 15) is 9.59 Å². The minimum Gasteiger partial charge on any atom is -0.353 e. The molecule has 1 saturated heterocycles. The third kappa shape index (κ3) is 4.61. The number of nitrogens with one attached hydrogen (secondary N) is 1. The van der Waals surface area contributed by atoms with Crippen molar-refractivity contribution >= 4 is 27.7 Å². The molecule has 2 fully saturated rings. The van der Waals surface area contributed by atoms with Crippen LogP contribution in [0.5, 0.6) is 0 Å². The van der Waals surface area contributed by atoms with E-state index in [-0.39, 0.29) is 23.8 Å². The second-order valence-corrected chi connectivity index (χ2v) is 9.36. The molecule has 1 aromatic heterocycles. The zero-order chi connectivity index (χ0) is 21.1. The van der Waals surface area contributed by atoms with Crippen molar-refractivity contribution in [3.63, 3.8) is 0 Å². The van der Waals surface area contributed by atoms with E-state index in [1.54, 1.807) is 10.9 Å². The van der Waals surface area contributed by atoms with E-state index >= 15 is 0 Å². The predicted octanol–water partition coefficient (Wildman–Crippen LogP) is 4.24. The average Bonchev–Trinajstić information content (AvgIpc) is 3.16. The van der Waals surface area contributed by atoms with Crippen LogP contribution in [0.4, 0.5) is 0 Å². The summed E-state index contributed by atoms with van der Waals surface area (Å²) in [6, 6.07) is 8.04. The van der Waals surface area contributed by atoms with Gasteiger partial charge < -0.3 is 10.2 Å². The Morgan fingerprint density at radius 2 is 1.70 bits per heavy atom. The summed E-state index contributed by atoms with van der Waals surface area (Å²) in [7, 11) is 0. The van der Waals surface area contributed by atoms with E-state index < -0.39 is 0 Å². The van der Waals surface area contributed by atoms with Gasteiger partial charge in [-0.1, -0.05) is 35.2 Å². The number of amides is 2. The van der Waals surface area contributed by atoms with Gasteiger partial charge in [0, 0.05) is 29.5 Å². The fourth-order valence-corrected chi connectivity index (χ4v) is 4.81. The largest absolute Gasteiger partial charge is 0.353 e. The molecule has 1 aliphatic carbocycles. The molecule has 2 aromatic rings. The van der Waals surface area contributed by atoms with Gasteiger partial charge in [0.05, 0.1) is 23.1 Å². The van der Waals surface area contributed by atoms with Crippen LogP contribution < -0.4 is 5.32 Å². The van der Waals surface area contributed by atoms with Gasteiger partial charge in [0.25, 0.3) is 5.91 Å². The van der Waals surface area contributed by atoms with E-state index in [0.29, 0.717) is 18.7 Å². The van der Waals surface area contributed by atoms with Gasteiger partial charge in [-0.2, -0.15) is 5.10 Å². The van der Waals surface area contributed by atoms with Gasteiger partial charge in [-0.15, -0.1) is 0 Å². The van der Waals surface area contributed by atoms with Crippen LogP contribution in [0.2, 0.25) is 0 Å². The van der Waals surface area contributed by atoms with Crippen LogP contribution in [0.15, 0.2) is 34.9 Å². The standard InChI is InChI=1S/C23H29BrN4O2/c1-16-21(15-25-28(16)20-9-7-18(24)8-10-20)23(30)27-13-11-19(12-14-27)26-22(29)17-5-3-2-4-6-17/h7-10,15,17,19H,2-6,11-14H2,1H3,(H,26,29). The molecule has 1 N–H and O–H groups in total. The van der Waals surface area contributed by atoms with E-state index in [4.69, 9.17) is 0 Å². The number of likely N-dealkylation sites (tertiary alicyclic amines) is 1. The molecule has 0 radical (unpaired) electrons. The first kappa shape index (κ1) is 21.1.